The molecule has 0 bridgehead atoms. The monoisotopic (exact) mass is 319 g/mol. The number of Topliss-reactive ketones (excluding diaryl/α,β-unsaturated/α-hetero) is 1. The quantitative estimate of drug-likeness (QED) is 0.795. The lowest BCUT2D eigenvalue weighted by atomic mass is 10.2. The Hall–Kier alpha value is -1.95. The van der Waals surface area contributed by atoms with Crippen molar-refractivity contribution in [2.75, 3.05) is 11.4 Å². The molecule has 1 fully saturated rings. The van der Waals surface area contributed by atoms with E-state index < -0.39 is 0 Å². The van der Waals surface area contributed by atoms with E-state index in [1.807, 2.05) is 30.5 Å². The SMILES string of the molecule is O=C1CC(=O)N(c2ccc(-n3cc(Br)cn3)cc2)C1. The van der Waals surface area contributed by atoms with Crippen LogP contribution in [0.1, 0.15) is 6.42 Å². The molecule has 1 saturated heterocycles. The van der Waals surface area contributed by atoms with Crippen molar-refractivity contribution in [3.8, 4) is 5.69 Å². The summed E-state index contributed by atoms with van der Waals surface area (Å²) < 4.78 is 2.63. The summed E-state index contributed by atoms with van der Waals surface area (Å²) >= 11 is 3.34. The molecular formula is C13H10BrN3O2. The zero-order chi connectivity index (χ0) is 13.4. The Kier molecular flexibility index (Phi) is 2.94. The van der Waals surface area contributed by atoms with Crippen LogP contribution in [-0.2, 0) is 9.59 Å². The lowest BCUT2D eigenvalue weighted by molar-refractivity contribution is -0.121. The lowest BCUT2D eigenvalue weighted by Gasteiger charge is -2.14. The van der Waals surface area contributed by atoms with Crippen molar-refractivity contribution >= 4 is 33.3 Å². The average Bonchev–Trinajstić information content (AvgIpc) is 2.96. The summed E-state index contributed by atoms with van der Waals surface area (Å²) in [6, 6.07) is 7.37. The van der Waals surface area contributed by atoms with Gasteiger partial charge in [0.05, 0.1) is 29.3 Å². The molecule has 0 aliphatic carbocycles. The van der Waals surface area contributed by atoms with Gasteiger partial charge in [-0.25, -0.2) is 4.68 Å². The molecule has 0 N–H and O–H groups in total. The van der Waals surface area contributed by atoms with Crippen LogP contribution in [0.2, 0.25) is 0 Å². The third kappa shape index (κ3) is 2.31. The molecule has 96 valence electrons. The highest BCUT2D eigenvalue weighted by molar-refractivity contribution is 9.10. The minimum Gasteiger partial charge on any atom is -0.305 e. The largest absolute Gasteiger partial charge is 0.305 e. The smallest absolute Gasteiger partial charge is 0.234 e. The predicted molar refractivity (Wildman–Crippen MR) is 73.2 cm³/mol. The van der Waals surface area contributed by atoms with E-state index >= 15 is 0 Å². The highest BCUT2D eigenvalue weighted by Crippen LogP contribution is 2.21. The first-order valence-corrected chi connectivity index (χ1v) is 6.55. The maximum absolute atomic E-state index is 11.6. The van der Waals surface area contributed by atoms with Gasteiger partial charge in [0.15, 0.2) is 5.78 Å². The molecule has 1 amide bonds. The summed E-state index contributed by atoms with van der Waals surface area (Å²) in [6.07, 6.45) is 3.56. The number of hydrogen-bond donors (Lipinski definition) is 0. The van der Waals surface area contributed by atoms with Crippen molar-refractivity contribution < 1.29 is 9.59 Å². The fourth-order valence-electron chi connectivity index (χ4n) is 2.05. The van der Waals surface area contributed by atoms with Gasteiger partial charge in [-0.05, 0) is 40.2 Å². The Balaban J connectivity index is 1.87. The molecular weight excluding hydrogens is 310 g/mol. The number of amides is 1. The van der Waals surface area contributed by atoms with Crippen molar-refractivity contribution in [2.45, 2.75) is 6.42 Å². The molecule has 1 aromatic heterocycles. The third-order valence-electron chi connectivity index (χ3n) is 2.96. The number of aromatic nitrogens is 2. The van der Waals surface area contributed by atoms with E-state index in [0.717, 1.165) is 15.8 Å². The summed E-state index contributed by atoms with van der Waals surface area (Å²) in [7, 11) is 0. The molecule has 0 saturated carbocycles. The number of ketones is 1. The molecule has 0 atom stereocenters. The molecule has 1 aromatic carbocycles. The number of halogens is 1. The van der Waals surface area contributed by atoms with Crippen LogP contribution in [-0.4, -0.2) is 28.0 Å². The molecule has 5 nitrogen and oxygen atoms in total. The van der Waals surface area contributed by atoms with Crippen LogP contribution in [0.3, 0.4) is 0 Å². The van der Waals surface area contributed by atoms with Gasteiger partial charge in [-0.1, -0.05) is 0 Å². The molecule has 2 heterocycles. The standard InChI is InChI=1S/C13H10BrN3O2/c14-9-6-15-17(7-9)11-3-1-10(2-4-11)16-8-12(18)5-13(16)19/h1-4,6-7H,5,8H2. The predicted octanol–water partition coefficient (Wildman–Crippen LogP) is 1.94. The van der Waals surface area contributed by atoms with E-state index in [-0.39, 0.29) is 24.7 Å². The van der Waals surface area contributed by atoms with E-state index in [9.17, 15) is 9.59 Å². The number of nitrogens with zero attached hydrogens (tertiary/aromatic N) is 3. The van der Waals surface area contributed by atoms with E-state index in [1.54, 1.807) is 10.9 Å². The van der Waals surface area contributed by atoms with Gasteiger partial charge in [0.2, 0.25) is 5.91 Å². The first kappa shape index (κ1) is 12.1. The van der Waals surface area contributed by atoms with Crippen LogP contribution >= 0.6 is 15.9 Å². The average molecular weight is 320 g/mol. The van der Waals surface area contributed by atoms with Crippen molar-refractivity contribution in [3.63, 3.8) is 0 Å². The summed E-state index contributed by atoms with van der Waals surface area (Å²) in [5, 5.41) is 4.18. The van der Waals surface area contributed by atoms with Gasteiger partial charge >= 0.3 is 0 Å². The van der Waals surface area contributed by atoms with Crippen LogP contribution in [0.4, 0.5) is 5.69 Å². The van der Waals surface area contributed by atoms with Crippen LogP contribution in [0.25, 0.3) is 5.69 Å². The molecule has 0 radical (unpaired) electrons. The zero-order valence-corrected chi connectivity index (χ0v) is 11.5. The van der Waals surface area contributed by atoms with Gasteiger partial charge < -0.3 is 4.90 Å². The Morgan fingerprint density at radius 1 is 1.11 bits per heavy atom. The minimum atomic E-state index is -0.139. The maximum Gasteiger partial charge on any atom is 0.234 e. The molecule has 0 spiro atoms. The molecule has 0 unspecified atom stereocenters. The van der Waals surface area contributed by atoms with Crippen LogP contribution in [0.15, 0.2) is 41.1 Å². The van der Waals surface area contributed by atoms with Crippen LogP contribution < -0.4 is 4.90 Å². The first-order chi connectivity index (χ1) is 9.13. The third-order valence-corrected chi connectivity index (χ3v) is 3.37. The summed E-state index contributed by atoms with van der Waals surface area (Å²) in [4.78, 5) is 24.4. The molecule has 6 heteroatoms. The number of carbonyl (C=O) groups is 2. The van der Waals surface area contributed by atoms with Gasteiger partial charge in [0.1, 0.15) is 0 Å². The van der Waals surface area contributed by atoms with E-state index in [0.29, 0.717) is 0 Å². The topological polar surface area (TPSA) is 55.2 Å². The molecule has 2 aromatic rings. The molecule has 1 aliphatic heterocycles. The Bertz CT molecular complexity index is 648. The first-order valence-electron chi connectivity index (χ1n) is 5.76. The van der Waals surface area contributed by atoms with Gasteiger partial charge in [-0.2, -0.15) is 5.10 Å². The second-order valence-corrected chi connectivity index (χ2v) is 5.23. The normalized spacial score (nSPS) is 15.3. The minimum absolute atomic E-state index is 0.00779. The van der Waals surface area contributed by atoms with Crippen LogP contribution in [0, 0.1) is 0 Å². The number of rotatable bonds is 2. The second-order valence-electron chi connectivity index (χ2n) is 4.31. The summed E-state index contributed by atoms with van der Waals surface area (Å²) in [5.74, 6) is -0.176. The number of carbonyl (C=O) groups excluding carboxylic acids is 2. The molecule has 3 rings (SSSR count). The zero-order valence-electron chi connectivity index (χ0n) is 9.91. The van der Waals surface area contributed by atoms with E-state index in [4.69, 9.17) is 0 Å². The maximum atomic E-state index is 11.6. The van der Waals surface area contributed by atoms with Crippen molar-refractivity contribution in [1.82, 2.24) is 9.78 Å². The molecule has 19 heavy (non-hydrogen) atoms. The van der Waals surface area contributed by atoms with Crippen molar-refractivity contribution in [2.24, 2.45) is 0 Å². The number of hydrogen-bond acceptors (Lipinski definition) is 3. The Morgan fingerprint density at radius 2 is 1.79 bits per heavy atom. The van der Waals surface area contributed by atoms with Gasteiger partial charge in [-0.3, -0.25) is 9.59 Å². The fourth-order valence-corrected chi connectivity index (χ4v) is 2.33. The molecule has 1 aliphatic rings. The van der Waals surface area contributed by atoms with Crippen molar-refractivity contribution in [1.29, 1.82) is 0 Å². The van der Waals surface area contributed by atoms with E-state index in [2.05, 4.69) is 21.0 Å². The highest BCUT2D eigenvalue weighted by Gasteiger charge is 2.28. The fraction of sp³-hybridized carbons (Fsp3) is 0.154. The Labute approximate surface area is 118 Å². The van der Waals surface area contributed by atoms with Gasteiger partial charge in [0, 0.05) is 11.9 Å². The van der Waals surface area contributed by atoms with Gasteiger partial charge in [0.25, 0.3) is 0 Å². The van der Waals surface area contributed by atoms with E-state index in [1.165, 1.54) is 4.90 Å². The van der Waals surface area contributed by atoms with Gasteiger partial charge in [-0.15, -0.1) is 0 Å². The Morgan fingerprint density at radius 3 is 2.32 bits per heavy atom. The second kappa shape index (κ2) is 4.62. The van der Waals surface area contributed by atoms with Crippen LogP contribution in [0.5, 0.6) is 0 Å². The number of anilines is 1. The number of benzene rings is 1. The summed E-state index contributed by atoms with van der Waals surface area (Å²) in [5.41, 5.74) is 1.64. The van der Waals surface area contributed by atoms with Crippen molar-refractivity contribution in [3.05, 3.63) is 41.1 Å². The lowest BCUT2D eigenvalue weighted by Crippen LogP contribution is -2.24. The summed E-state index contributed by atoms with van der Waals surface area (Å²) in [6.45, 7) is 0.172. The highest BCUT2D eigenvalue weighted by atomic mass is 79.9.